The van der Waals surface area contributed by atoms with Crippen LogP contribution in [0.15, 0.2) is 49.1 Å². The van der Waals surface area contributed by atoms with Crippen molar-refractivity contribution in [2.75, 3.05) is 25.2 Å². The molecule has 2 heterocycles. The highest BCUT2D eigenvalue weighted by molar-refractivity contribution is 6.05. The molecule has 29 heavy (non-hydrogen) atoms. The summed E-state index contributed by atoms with van der Waals surface area (Å²) >= 11 is 0. The summed E-state index contributed by atoms with van der Waals surface area (Å²) in [4.78, 5) is 29.4. The highest BCUT2D eigenvalue weighted by Gasteiger charge is 2.39. The zero-order valence-electron chi connectivity index (χ0n) is 16.1. The Morgan fingerprint density at radius 2 is 2.07 bits per heavy atom. The van der Waals surface area contributed by atoms with Crippen LogP contribution in [0.4, 0.5) is 10.5 Å². The van der Waals surface area contributed by atoms with E-state index < -0.39 is 6.09 Å². The van der Waals surface area contributed by atoms with Gasteiger partial charge in [0, 0.05) is 12.6 Å². The van der Waals surface area contributed by atoms with Crippen LogP contribution in [0.25, 0.3) is 0 Å². The van der Waals surface area contributed by atoms with Crippen LogP contribution in [0.5, 0.6) is 11.5 Å². The second-order valence-corrected chi connectivity index (χ2v) is 7.08. The molecule has 2 aliphatic rings. The van der Waals surface area contributed by atoms with Gasteiger partial charge in [-0.3, -0.25) is 9.69 Å². The maximum absolute atomic E-state index is 13.4. The zero-order valence-corrected chi connectivity index (χ0v) is 16.1. The minimum absolute atomic E-state index is 0.0535. The molecule has 2 aromatic carbocycles. The van der Waals surface area contributed by atoms with Crippen molar-refractivity contribution in [3.05, 3.63) is 65.7 Å². The van der Waals surface area contributed by atoms with Gasteiger partial charge in [0.05, 0.1) is 30.9 Å². The molecule has 2 aliphatic heterocycles. The van der Waals surface area contributed by atoms with E-state index in [1.807, 2.05) is 24.3 Å². The summed E-state index contributed by atoms with van der Waals surface area (Å²) in [5, 5.41) is 10.3. The van der Waals surface area contributed by atoms with E-state index in [0.717, 1.165) is 11.1 Å². The first-order valence-electron chi connectivity index (χ1n) is 9.37. The monoisotopic (exact) mass is 394 g/mol. The Kier molecular flexibility index (Phi) is 4.88. The molecule has 0 bridgehead atoms. The number of anilines is 1. The Morgan fingerprint density at radius 1 is 1.31 bits per heavy atom. The zero-order chi connectivity index (χ0) is 20.5. The van der Waals surface area contributed by atoms with Gasteiger partial charge in [-0.2, -0.15) is 0 Å². The summed E-state index contributed by atoms with van der Waals surface area (Å²) in [5.41, 5.74) is 2.84. The van der Waals surface area contributed by atoms with Gasteiger partial charge in [-0.25, -0.2) is 4.79 Å². The highest BCUT2D eigenvalue weighted by atomic mass is 16.6. The molecule has 1 atom stereocenters. The second-order valence-electron chi connectivity index (χ2n) is 7.08. The van der Waals surface area contributed by atoms with Crippen LogP contribution in [0.1, 0.15) is 21.5 Å². The van der Waals surface area contributed by atoms with Gasteiger partial charge in [0.15, 0.2) is 11.5 Å². The number of amides is 2. The molecule has 0 aromatic heterocycles. The van der Waals surface area contributed by atoms with E-state index in [1.165, 1.54) is 30.2 Å². The smallest absolute Gasteiger partial charge is 0.414 e. The molecule has 0 saturated carbocycles. The fourth-order valence-corrected chi connectivity index (χ4v) is 3.95. The number of carbonyl (C=O) groups is 2. The van der Waals surface area contributed by atoms with E-state index in [0.29, 0.717) is 18.7 Å². The van der Waals surface area contributed by atoms with Crippen LogP contribution < -0.4 is 9.64 Å². The van der Waals surface area contributed by atoms with Crippen molar-refractivity contribution < 1.29 is 24.2 Å². The largest absolute Gasteiger partial charge is 0.504 e. The van der Waals surface area contributed by atoms with Crippen molar-refractivity contribution in [3.8, 4) is 11.5 Å². The van der Waals surface area contributed by atoms with Crippen LogP contribution >= 0.6 is 0 Å². The number of ether oxygens (including phenoxy) is 2. The van der Waals surface area contributed by atoms with E-state index >= 15 is 0 Å². The molecule has 0 radical (unpaired) electrons. The number of carbonyl (C=O) groups excluding carboxylic acids is 2. The van der Waals surface area contributed by atoms with E-state index in [4.69, 9.17) is 9.47 Å². The maximum atomic E-state index is 13.4. The van der Waals surface area contributed by atoms with E-state index in [9.17, 15) is 14.7 Å². The van der Waals surface area contributed by atoms with Crippen molar-refractivity contribution in [3.63, 3.8) is 0 Å². The molecule has 0 unspecified atom stereocenters. The van der Waals surface area contributed by atoms with Gasteiger partial charge in [0.1, 0.15) is 6.61 Å². The number of fused-ring (bicyclic) bond motifs is 3. The molecule has 2 amide bonds. The SMILES string of the molecule is C=CCOC(=O)N1C[C@@H]2Cc3ccccc3CN2C(=O)c2cc(OC)c(O)cc21. The minimum atomic E-state index is -0.593. The molecule has 0 saturated heterocycles. The molecule has 7 nitrogen and oxygen atoms in total. The van der Waals surface area contributed by atoms with Crippen LogP contribution in [-0.4, -0.2) is 48.3 Å². The maximum Gasteiger partial charge on any atom is 0.414 e. The molecule has 4 rings (SSSR count). The lowest BCUT2D eigenvalue weighted by molar-refractivity contribution is 0.0654. The van der Waals surface area contributed by atoms with Gasteiger partial charge in [0.25, 0.3) is 5.91 Å². The third-order valence-electron chi connectivity index (χ3n) is 5.37. The Hall–Kier alpha value is -3.48. The number of methoxy groups -OCH3 is 1. The lowest BCUT2D eigenvalue weighted by Gasteiger charge is -2.36. The molecular formula is C22H22N2O5. The summed E-state index contributed by atoms with van der Waals surface area (Å²) in [6.07, 6.45) is 1.52. The quantitative estimate of drug-likeness (QED) is 0.810. The van der Waals surface area contributed by atoms with Crippen molar-refractivity contribution >= 4 is 17.7 Å². The van der Waals surface area contributed by atoms with Gasteiger partial charge < -0.3 is 19.5 Å². The molecule has 150 valence electrons. The first kappa shape index (κ1) is 18.9. The number of phenols is 1. The summed E-state index contributed by atoms with van der Waals surface area (Å²) in [6.45, 7) is 4.33. The summed E-state index contributed by atoms with van der Waals surface area (Å²) in [7, 11) is 1.42. The topological polar surface area (TPSA) is 79.3 Å². The van der Waals surface area contributed by atoms with Gasteiger partial charge in [-0.15, -0.1) is 0 Å². The molecule has 7 heteroatoms. The van der Waals surface area contributed by atoms with Crippen LogP contribution in [0, 0.1) is 0 Å². The predicted octanol–water partition coefficient (Wildman–Crippen LogP) is 3.11. The number of hydrogen-bond acceptors (Lipinski definition) is 5. The lowest BCUT2D eigenvalue weighted by Crippen LogP contribution is -2.48. The van der Waals surface area contributed by atoms with Crippen molar-refractivity contribution in [1.29, 1.82) is 0 Å². The number of hydrogen-bond donors (Lipinski definition) is 1. The second kappa shape index (κ2) is 7.50. The third kappa shape index (κ3) is 3.29. The standard InChI is InChI=1S/C22H22N2O5/c1-3-8-29-22(27)24-13-16-9-14-6-4-5-7-15(14)12-23(16)21(26)17-10-20(28-2)19(25)11-18(17)24/h3-7,10-11,16,25H,1,8-9,12-13H2,2H3/t16-/m0/s1. The highest BCUT2D eigenvalue weighted by Crippen LogP contribution is 2.39. The first-order valence-corrected chi connectivity index (χ1v) is 9.37. The average Bonchev–Trinajstić information content (AvgIpc) is 2.84. The van der Waals surface area contributed by atoms with Gasteiger partial charge in [-0.1, -0.05) is 36.9 Å². The lowest BCUT2D eigenvalue weighted by atomic mass is 9.93. The van der Waals surface area contributed by atoms with E-state index in [2.05, 4.69) is 6.58 Å². The molecule has 0 spiro atoms. The van der Waals surface area contributed by atoms with Crippen molar-refractivity contribution in [2.24, 2.45) is 0 Å². The van der Waals surface area contributed by atoms with Crippen molar-refractivity contribution in [1.82, 2.24) is 4.90 Å². The predicted molar refractivity (Wildman–Crippen MR) is 107 cm³/mol. The minimum Gasteiger partial charge on any atom is -0.504 e. The first-order chi connectivity index (χ1) is 14.0. The van der Waals surface area contributed by atoms with Gasteiger partial charge in [0.2, 0.25) is 0 Å². The van der Waals surface area contributed by atoms with Gasteiger partial charge in [-0.05, 0) is 23.6 Å². The fourth-order valence-electron chi connectivity index (χ4n) is 3.95. The molecular weight excluding hydrogens is 372 g/mol. The fraction of sp³-hybridized carbons (Fsp3) is 0.273. The van der Waals surface area contributed by atoms with Crippen LogP contribution in [0.3, 0.4) is 0 Å². The number of benzene rings is 2. The Bertz CT molecular complexity index is 987. The number of rotatable bonds is 3. The van der Waals surface area contributed by atoms with Crippen LogP contribution in [0.2, 0.25) is 0 Å². The normalized spacial score (nSPS) is 17.6. The number of aromatic hydroxyl groups is 1. The number of phenolic OH excluding ortho intramolecular Hbond substituents is 1. The molecule has 2 aromatic rings. The Balaban J connectivity index is 1.81. The van der Waals surface area contributed by atoms with E-state index in [1.54, 1.807) is 4.90 Å². The Morgan fingerprint density at radius 3 is 2.79 bits per heavy atom. The van der Waals surface area contributed by atoms with Crippen molar-refractivity contribution in [2.45, 2.75) is 19.0 Å². The average molecular weight is 394 g/mol. The third-order valence-corrected chi connectivity index (χ3v) is 5.37. The summed E-state index contributed by atoms with van der Waals surface area (Å²) in [5.74, 6) is -0.187. The summed E-state index contributed by atoms with van der Waals surface area (Å²) in [6, 6.07) is 10.6. The molecule has 0 fully saturated rings. The Labute approximate surface area is 168 Å². The van der Waals surface area contributed by atoms with Crippen LogP contribution in [-0.2, 0) is 17.7 Å². The molecule has 1 N–H and O–H groups in total. The molecule has 0 aliphatic carbocycles. The van der Waals surface area contributed by atoms with Gasteiger partial charge >= 0.3 is 6.09 Å². The summed E-state index contributed by atoms with van der Waals surface area (Å²) < 4.78 is 10.4. The number of nitrogens with zero attached hydrogens (tertiary/aromatic N) is 2. The van der Waals surface area contributed by atoms with E-state index in [-0.39, 0.29) is 42.2 Å².